The van der Waals surface area contributed by atoms with E-state index in [9.17, 15) is 9.18 Å². The first kappa shape index (κ1) is 17.6. The molecule has 142 valence electrons. The number of fused-ring (bicyclic) bond motifs is 1. The van der Waals surface area contributed by atoms with Crippen LogP contribution >= 0.6 is 0 Å². The second-order valence-electron chi connectivity index (χ2n) is 6.93. The molecule has 2 aromatic rings. The van der Waals surface area contributed by atoms with Gasteiger partial charge in [0.2, 0.25) is 0 Å². The minimum Gasteiger partial charge on any atom is -0.490 e. The quantitative estimate of drug-likeness (QED) is 0.895. The van der Waals surface area contributed by atoms with Gasteiger partial charge in [-0.05, 0) is 55.3 Å². The Balaban J connectivity index is 1.36. The van der Waals surface area contributed by atoms with Gasteiger partial charge in [-0.2, -0.15) is 0 Å². The number of hydrogen-bond acceptors (Lipinski definition) is 4. The van der Waals surface area contributed by atoms with Crippen molar-refractivity contribution < 1.29 is 18.7 Å². The van der Waals surface area contributed by atoms with E-state index < -0.39 is 0 Å². The van der Waals surface area contributed by atoms with Gasteiger partial charge in [-0.3, -0.25) is 4.79 Å². The van der Waals surface area contributed by atoms with Gasteiger partial charge >= 0.3 is 0 Å². The number of likely N-dealkylation sites (tertiary alicyclic amines) is 1. The largest absolute Gasteiger partial charge is 0.490 e. The molecule has 2 aliphatic rings. The molecule has 1 amide bonds. The summed E-state index contributed by atoms with van der Waals surface area (Å²) in [5, 5.41) is 3.41. The van der Waals surface area contributed by atoms with Gasteiger partial charge in [-0.15, -0.1) is 0 Å². The Labute approximate surface area is 158 Å². The first-order chi connectivity index (χ1) is 13.2. The van der Waals surface area contributed by atoms with Gasteiger partial charge in [0.1, 0.15) is 5.82 Å². The summed E-state index contributed by atoms with van der Waals surface area (Å²) in [5.41, 5.74) is 1.54. The average Bonchev–Trinajstić information content (AvgIpc) is 2.94. The number of nitrogens with one attached hydrogen (secondary N) is 1. The number of carbonyl (C=O) groups excluding carboxylic acids is 1. The fraction of sp³-hybridized carbons (Fsp3) is 0.381. The maximum Gasteiger partial charge on any atom is 0.253 e. The normalized spacial score (nSPS) is 17.3. The fourth-order valence-electron chi connectivity index (χ4n) is 3.49. The molecule has 2 heterocycles. The van der Waals surface area contributed by atoms with E-state index in [0.717, 1.165) is 24.9 Å². The van der Waals surface area contributed by atoms with Crippen molar-refractivity contribution in [2.45, 2.75) is 25.3 Å². The lowest BCUT2D eigenvalue weighted by molar-refractivity contribution is 0.0718. The smallest absolute Gasteiger partial charge is 0.253 e. The molecule has 1 saturated heterocycles. The van der Waals surface area contributed by atoms with Gasteiger partial charge in [0.15, 0.2) is 11.5 Å². The highest BCUT2D eigenvalue weighted by molar-refractivity contribution is 5.95. The van der Waals surface area contributed by atoms with E-state index in [0.29, 0.717) is 43.4 Å². The van der Waals surface area contributed by atoms with Crippen molar-refractivity contribution in [2.24, 2.45) is 0 Å². The summed E-state index contributed by atoms with van der Waals surface area (Å²) in [6.45, 7) is 2.61. The molecular weight excluding hydrogens is 347 g/mol. The van der Waals surface area contributed by atoms with Gasteiger partial charge < -0.3 is 19.7 Å². The van der Waals surface area contributed by atoms with Crippen LogP contribution in [0.1, 0.15) is 29.6 Å². The topological polar surface area (TPSA) is 50.8 Å². The van der Waals surface area contributed by atoms with Crippen molar-refractivity contribution in [3.8, 4) is 11.5 Å². The molecule has 5 nitrogen and oxygen atoms in total. The molecule has 1 N–H and O–H groups in total. The van der Waals surface area contributed by atoms with E-state index in [4.69, 9.17) is 9.47 Å². The Kier molecular flexibility index (Phi) is 5.14. The van der Waals surface area contributed by atoms with Crippen molar-refractivity contribution >= 4 is 11.6 Å². The van der Waals surface area contributed by atoms with Crippen molar-refractivity contribution in [2.75, 3.05) is 31.6 Å². The lowest BCUT2D eigenvalue weighted by Crippen LogP contribution is -2.42. The molecule has 0 unspecified atom stereocenters. The third kappa shape index (κ3) is 4.15. The molecule has 0 aliphatic carbocycles. The Hall–Kier alpha value is -2.76. The van der Waals surface area contributed by atoms with Crippen LogP contribution in [0.2, 0.25) is 0 Å². The summed E-state index contributed by atoms with van der Waals surface area (Å²) in [7, 11) is 0. The maximum absolute atomic E-state index is 13.0. The number of rotatable bonds is 3. The second kappa shape index (κ2) is 7.86. The molecule has 0 radical (unpaired) electrons. The molecule has 4 rings (SSSR count). The number of nitrogens with zero attached hydrogens (tertiary/aromatic N) is 1. The van der Waals surface area contributed by atoms with Crippen LogP contribution in [-0.4, -0.2) is 43.2 Å². The number of piperidine rings is 1. The van der Waals surface area contributed by atoms with Gasteiger partial charge in [-0.1, -0.05) is 0 Å². The molecule has 6 heteroatoms. The second-order valence-corrected chi connectivity index (χ2v) is 6.93. The van der Waals surface area contributed by atoms with Crippen molar-refractivity contribution in [3.63, 3.8) is 0 Å². The molecular formula is C21H23FN2O3. The van der Waals surface area contributed by atoms with Crippen LogP contribution in [0, 0.1) is 5.82 Å². The zero-order chi connectivity index (χ0) is 18.6. The van der Waals surface area contributed by atoms with E-state index in [1.807, 2.05) is 11.0 Å². The SMILES string of the molecule is O=C(c1ccc2c(c1)OCCCO2)N1CCC(Nc2ccc(F)cc2)CC1. The van der Waals surface area contributed by atoms with Crippen molar-refractivity contribution in [1.82, 2.24) is 4.90 Å². The van der Waals surface area contributed by atoms with Crippen LogP contribution in [0.4, 0.5) is 10.1 Å². The summed E-state index contributed by atoms with van der Waals surface area (Å²) >= 11 is 0. The van der Waals surface area contributed by atoms with E-state index in [2.05, 4.69) is 5.32 Å². The molecule has 0 aromatic heterocycles. The highest BCUT2D eigenvalue weighted by Gasteiger charge is 2.24. The number of ether oxygens (including phenoxy) is 2. The van der Waals surface area contributed by atoms with E-state index in [1.54, 1.807) is 24.3 Å². The summed E-state index contributed by atoms with van der Waals surface area (Å²) in [4.78, 5) is 14.7. The predicted octanol–water partition coefficient (Wildman–Crippen LogP) is 3.70. The van der Waals surface area contributed by atoms with Crippen molar-refractivity contribution in [3.05, 3.63) is 53.8 Å². The van der Waals surface area contributed by atoms with Crippen LogP contribution in [0.5, 0.6) is 11.5 Å². The van der Waals surface area contributed by atoms with E-state index in [-0.39, 0.29) is 17.8 Å². The predicted molar refractivity (Wildman–Crippen MR) is 101 cm³/mol. The van der Waals surface area contributed by atoms with E-state index in [1.165, 1.54) is 12.1 Å². The average molecular weight is 370 g/mol. The zero-order valence-corrected chi connectivity index (χ0v) is 15.1. The molecule has 2 aromatic carbocycles. The van der Waals surface area contributed by atoms with Crippen molar-refractivity contribution in [1.29, 1.82) is 0 Å². The van der Waals surface area contributed by atoms with Crippen LogP contribution in [-0.2, 0) is 0 Å². The first-order valence-electron chi connectivity index (χ1n) is 9.40. The summed E-state index contributed by atoms with van der Waals surface area (Å²) in [6, 6.07) is 12.1. The molecule has 0 atom stereocenters. The number of anilines is 1. The maximum atomic E-state index is 13.0. The Morgan fingerprint density at radius 1 is 1.00 bits per heavy atom. The highest BCUT2D eigenvalue weighted by atomic mass is 19.1. The monoisotopic (exact) mass is 370 g/mol. The summed E-state index contributed by atoms with van der Waals surface area (Å²) in [5.74, 6) is 1.12. The van der Waals surface area contributed by atoms with E-state index >= 15 is 0 Å². The molecule has 0 spiro atoms. The Bertz CT molecular complexity index is 802. The molecule has 2 aliphatic heterocycles. The van der Waals surface area contributed by atoms with Gasteiger partial charge in [0, 0.05) is 36.8 Å². The molecule has 1 fully saturated rings. The number of halogens is 1. The van der Waals surface area contributed by atoms with Crippen LogP contribution < -0.4 is 14.8 Å². The fourth-order valence-corrected chi connectivity index (χ4v) is 3.49. The van der Waals surface area contributed by atoms with Gasteiger partial charge in [0.25, 0.3) is 5.91 Å². The lowest BCUT2D eigenvalue weighted by atomic mass is 10.0. The third-order valence-corrected chi connectivity index (χ3v) is 4.99. The van der Waals surface area contributed by atoms with Crippen LogP contribution in [0.25, 0.3) is 0 Å². The number of benzene rings is 2. The molecule has 27 heavy (non-hydrogen) atoms. The highest BCUT2D eigenvalue weighted by Crippen LogP contribution is 2.31. The van der Waals surface area contributed by atoms with Crippen LogP contribution in [0.3, 0.4) is 0 Å². The lowest BCUT2D eigenvalue weighted by Gasteiger charge is -2.33. The zero-order valence-electron chi connectivity index (χ0n) is 15.1. The number of amides is 1. The Morgan fingerprint density at radius 2 is 1.70 bits per heavy atom. The standard InChI is InChI=1S/C21H23FN2O3/c22-16-3-5-17(6-4-16)23-18-8-10-24(11-9-18)21(25)15-2-7-19-20(14-15)27-13-1-12-26-19/h2-7,14,18,23H,1,8-13H2. The first-order valence-corrected chi connectivity index (χ1v) is 9.40. The van der Waals surface area contributed by atoms with Gasteiger partial charge in [0.05, 0.1) is 13.2 Å². The summed E-state index contributed by atoms with van der Waals surface area (Å²) in [6.07, 6.45) is 2.55. The number of carbonyl (C=O) groups is 1. The molecule has 0 bridgehead atoms. The summed E-state index contributed by atoms with van der Waals surface area (Å²) < 4.78 is 24.3. The minimum atomic E-state index is -0.240. The number of hydrogen-bond donors (Lipinski definition) is 1. The van der Waals surface area contributed by atoms with Crippen LogP contribution in [0.15, 0.2) is 42.5 Å². The van der Waals surface area contributed by atoms with Gasteiger partial charge in [-0.25, -0.2) is 4.39 Å². The minimum absolute atomic E-state index is 0.0193. The third-order valence-electron chi connectivity index (χ3n) is 4.99. The Morgan fingerprint density at radius 3 is 2.44 bits per heavy atom. The molecule has 0 saturated carbocycles.